The van der Waals surface area contributed by atoms with Crippen LogP contribution in [0.1, 0.15) is 19.3 Å². The minimum atomic E-state index is -1.22. The molecular weight excluding hydrogens is 244 g/mol. The molecule has 0 spiro atoms. The molecule has 0 aromatic heterocycles. The highest BCUT2D eigenvalue weighted by atomic mass is 16.6. The molecule has 2 atom stereocenters. The fraction of sp³-hybridized carbons (Fsp3) is 0.455. The summed E-state index contributed by atoms with van der Waals surface area (Å²) >= 11 is 0. The zero-order valence-electron chi connectivity index (χ0n) is 9.46. The first-order chi connectivity index (χ1) is 8.43. The van der Waals surface area contributed by atoms with Crippen molar-refractivity contribution in [2.45, 2.75) is 25.4 Å². The predicted octanol–water partition coefficient (Wildman–Crippen LogP) is -0.527. The number of rotatable bonds is 2. The van der Waals surface area contributed by atoms with Crippen LogP contribution in [0, 0.1) is 5.92 Å². The van der Waals surface area contributed by atoms with E-state index in [4.69, 9.17) is 5.11 Å². The lowest BCUT2D eigenvalue weighted by Gasteiger charge is -1.95. The molecule has 0 aromatic rings. The molecule has 2 aliphatic heterocycles. The quantitative estimate of drug-likeness (QED) is 0.402. The van der Waals surface area contributed by atoms with Crippen molar-refractivity contribution in [2.24, 2.45) is 5.92 Å². The van der Waals surface area contributed by atoms with E-state index in [2.05, 4.69) is 16.1 Å². The molecule has 1 N–H and O–H groups in total. The predicted molar refractivity (Wildman–Crippen MR) is 55.7 cm³/mol. The van der Waals surface area contributed by atoms with E-state index in [1.165, 1.54) is 0 Å². The zero-order valence-corrected chi connectivity index (χ0v) is 9.46. The number of aliphatic hydroxyl groups is 1. The maximum Gasteiger partial charge on any atom is 0.343 e. The molecule has 7 nitrogen and oxygen atoms in total. The van der Waals surface area contributed by atoms with Gasteiger partial charge in [-0.2, -0.15) is 0 Å². The van der Waals surface area contributed by atoms with Gasteiger partial charge < -0.3 is 14.6 Å². The second kappa shape index (κ2) is 6.06. The van der Waals surface area contributed by atoms with Gasteiger partial charge in [-0.05, 0) is 6.42 Å². The first kappa shape index (κ1) is 14.0. The van der Waals surface area contributed by atoms with Gasteiger partial charge in [-0.15, -0.1) is 6.58 Å². The van der Waals surface area contributed by atoms with Gasteiger partial charge in [-0.25, -0.2) is 4.79 Å². The Morgan fingerprint density at radius 2 is 1.67 bits per heavy atom. The Morgan fingerprint density at radius 3 is 1.94 bits per heavy atom. The summed E-state index contributed by atoms with van der Waals surface area (Å²) in [6.45, 7) is 3.46. The molecular formula is C11H12O7. The zero-order chi connectivity index (χ0) is 13.7. The van der Waals surface area contributed by atoms with Gasteiger partial charge in [-0.3, -0.25) is 14.4 Å². The van der Waals surface area contributed by atoms with E-state index in [9.17, 15) is 19.2 Å². The van der Waals surface area contributed by atoms with Gasteiger partial charge in [0, 0.05) is 0 Å². The molecule has 98 valence electrons. The molecule has 0 aromatic carbocycles. The van der Waals surface area contributed by atoms with E-state index in [0.29, 0.717) is 6.42 Å². The van der Waals surface area contributed by atoms with Crippen LogP contribution in [0.15, 0.2) is 12.7 Å². The topological polar surface area (TPSA) is 107 Å². The summed E-state index contributed by atoms with van der Waals surface area (Å²) in [6, 6.07) is 0. The van der Waals surface area contributed by atoms with Gasteiger partial charge >= 0.3 is 23.9 Å². The number of carbonyl (C=O) groups excluding carboxylic acids is 4. The summed E-state index contributed by atoms with van der Waals surface area (Å²) in [5, 5.41) is 8.47. The number of esters is 4. The summed E-state index contributed by atoms with van der Waals surface area (Å²) in [4.78, 5) is 41.3. The van der Waals surface area contributed by atoms with Crippen molar-refractivity contribution in [3.63, 3.8) is 0 Å². The molecule has 2 aliphatic rings. The minimum Gasteiger partial charge on any atom is -0.393 e. The molecule has 0 bridgehead atoms. The van der Waals surface area contributed by atoms with Crippen LogP contribution < -0.4 is 0 Å². The van der Waals surface area contributed by atoms with Crippen molar-refractivity contribution in [2.75, 3.05) is 0 Å². The van der Waals surface area contributed by atoms with E-state index in [1.807, 2.05) is 0 Å². The van der Waals surface area contributed by atoms with Crippen LogP contribution in [0.4, 0.5) is 0 Å². The molecule has 0 radical (unpaired) electrons. The van der Waals surface area contributed by atoms with Crippen LogP contribution in [0.5, 0.6) is 0 Å². The molecule has 0 aliphatic carbocycles. The third kappa shape index (κ3) is 3.77. The van der Waals surface area contributed by atoms with Crippen LogP contribution in [-0.4, -0.2) is 35.1 Å². The van der Waals surface area contributed by atoms with Gasteiger partial charge in [0.15, 0.2) is 6.10 Å². The van der Waals surface area contributed by atoms with Gasteiger partial charge in [-0.1, -0.05) is 6.08 Å². The van der Waals surface area contributed by atoms with Crippen LogP contribution in [-0.2, 0) is 28.7 Å². The fourth-order valence-corrected chi connectivity index (χ4v) is 1.37. The number of allylic oxidation sites excluding steroid dienone is 1. The molecule has 2 saturated heterocycles. The van der Waals surface area contributed by atoms with Crippen LogP contribution in [0.2, 0.25) is 0 Å². The second-order valence-electron chi connectivity index (χ2n) is 3.73. The molecule has 2 heterocycles. The highest BCUT2D eigenvalue weighted by Crippen LogP contribution is 2.19. The smallest absolute Gasteiger partial charge is 0.343 e. The normalized spacial score (nSPS) is 26.3. The third-order valence-corrected chi connectivity index (χ3v) is 2.26. The van der Waals surface area contributed by atoms with Crippen LogP contribution >= 0.6 is 0 Å². The SMILES string of the molecule is C=CCC1CC(=O)OC1=O.O=C1CC(O)C(=O)O1. The molecule has 0 amide bonds. The lowest BCUT2D eigenvalue weighted by Crippen LogP contribution is -2.11. The summed E-state index contributed by atoms with van der Waals surface area (Å²) in [5.41, 5.74) is 0. The first-order valence-electron chi connectivity index (χ1n) is 5.22. The van der Waals surface area contributed by atoms with E-state index in [0.717, 1.165) is 0 Å². The first-order valence-corrected chi connectivity index (χ1v) is 5.22. The maximum atomic E-state index is 10.7. The minimum absolute atomic E-state index is 0.196. The Bertz CT molecular complexity index is 398. The Balaban J connectivity index is 0.000000184. The standard InChI is InChI=1S/C7H8O3.C4H4O4/c1-2-3-5-4-6(8)10-7(5)9;5-2-1-3(6)8-4(2)7/h2,5H,1,3-4H2;2,5H,1H2. The molecule has 2 fully saturated rings. The maximum absolute atomic E-state index is 10.7. The molecule has 2 unspecified atom stereocenters. The van der Waals surface area contributed by atoms with Crippen molar-refractivity contribution in [1.82, 2.24) is 0 Å². The monoisotopic (exact) mass is 256 g/mol. The summed E-state index contributed by atoms with van der Waals surface area (Å²) in [6.07, 6.45) is 0.946. The van der Waals surface area contributed by atoms with E-state index < -0.39 is 30.0 Å². The van der Waals surface area contributed by atoms with Gasteiger partial charge in [0.25, 0.3) is 0 Å². The Kier molecular flexibility index (Phi) is 4.73. The lowest BCUT2D eigenvalue weighted by molar-refractivity contribution is -0.155. The van der Waals surface area contributed by atoms with E-state index >= 15 is 0 Å². The van der Waals surface area contributed by atoms with Crippen LogP contribution in [0.3, 0.4) is 0 Å². The largest absolute Gasteiger partial charge is 0.393 e. The fourth-order valence-electron chi connectivity index (χ4n) is 1.37. The highest BCUT2D eigenvalue weighted by Gasteiger charge is 2.32. The number of hydrogen-bond acceptors (Lipinski definition) is 7. The van der Waals surface area contributed by atoms with Gasteiger partial charge in [0.1, 0.15) is 0 Å². The summed E-state index contributed by atoms with van der Waals surface area (Å²) in [7, 11) is 0. The summed E-state index contributed by atoms with van der Waals surface area (Å²) < 4.78 is 8.25. The molecule has 0 saturated carbocycles. The van der Waals surface area contributed by atoms with E-state index in [1.54, 1.807) is 6.08 Å². The molecule has 18 heavy (non-hydrogen) atoms. The number of ether oxygens (including phenoxy) is 2. The molecule has 7 heteroatoms. The van der Waals surface area contributed by atoms with Crippen molar-refractivity contribution in [3.8, 4) is 0 Å². The molecule has 2 rings (SSSR count). The van der Waals surface area contributed by atoms with Crippen molar-refractivity contribution >= 4 is 23.9 Å². The second-order valence-corrected chi connectivity index (χ2v) is 3.73. The Morgan fingerprint density at radius 1 is 1.11 bits per heavy atom. The van der Waals surface area contributed by atoms with Crippen molar-refractivity contribution in [1.29, 1.82) is 0 Å². The van der Waals surface area contributed by atoms with Crippen molar-refractivity contribution in [3.05, 3.63) is 12.7 Å². The van der Waals surface area contributed by atoms with Crippen molar-refractivity contribution < 1.29 is 33.8 Å². The number of carbonyl (C=O) groups is 4. The van der Waals surface area contributed by atoms with Crippen LogP contribution in [0.25, 0.3) is 0 Å². The van der Waals surface area contributed by atoms with Gasteiger partial charge in [0.2, 0.25) is 0 Å². The average Bonchev–Trinajstić information content (AvgIpc) is 2.72. The van der Waals surface area contributed by atoms with E-state index in [-0.39, 0.29) is 18.8 Å². The summed E-state index contributed by atoms with van der Waals surface area (Å²) in [5.74, 6) is -2.59. The number of cyclic esters (lactones) is 4. The number of aliphatic hydroxyl groups excluding tert-OH is 1. The average molecular weight is 256 g/mol. The number of hydrogen-bond donors (Lipinski definition) is 1. The Labute approximate surface area is 102 Å². The third-order valence-electron chi connectivity index (χ3n) is 2.26. The lowest BCUT2D eigenvalue weighted by atomic mass is 10.0. The Hall–Kier alpha value is -2.02. The van der Waals surface area contributed by atoms with Gasteiger partial charge in [0.05, 0.1) is 18.8 Å². The highest BCUT2D eigenvalue weighted by molar-refractivity contribution is 5.96.